The van der Waals surface area contributed by atoms with Crippen molar-refractivity contribution in [1.29, 1.82) is 0 Å². The van der Waals surface area contributed by atoms with Gasteiger partial charge >= 0.3 is 0 Å². The monoisotopic (exact) mass is 394 g/mol. The molecule has 1 aliphatic heterocycles. The molecule has 144 valence electrons. The second-order valence-electron chi connectivity index (χ2n) is 7.42. The number of likely N-dealkylation sites (tertiary alicyclic amines) is 1. The Bertz CT molecular complexity index is 970. The average molecular weight is 395 g/mol. The maximum absolute atomic E-state index is 13.4. The van der Waals surface area contributed by atoms with Crippen molar-refractivity contribution in [1.82, 2.24) is 19.9 Å². The molecule has 28 heavy (non-hydrogen) atoms. The SMILES string of the molecule is C[C@@H]1CCCN(C(=O)c2nccc3ccccc23)[C@@H]1CCc1ncc(Cl)cn1. The summed E-state index contributed by atoms with van der Waals surface area (Å²) < 4.78 is 0. The van der Waals surface area contributed by atoms with Crippen LogP contribution in [0.3, 0.4) is 0 Å². The molecule has 1 aromatic carbocycles. The van der Waals surface area contributed by atoms with Gasteiger partial charge in [-0.05, 0) is 36.6 Å². The van der Waals surface area contributed by atoms with Crippen LogP contribution in [-0.4, -0.2) is 38.3 Å². The average Bonchev–Trinajstić information content (AvgIpc) is 2.73. The standard InChI is InChI=1S/C22H23ClN4O/c1-15-5-4-12-27(19(15)8-9-20-25-13-17(23)14-26-20)22(28)21-18-7-3-2-6-16(18)10-11-24-21/h2-3,6-7,10-11,13-15,19H,4-5,8-9,12H2,1H3/t15-,19-/m1/s1. The van der Waals surface area contributed by atoms with Crippen LogP contribution in [0.1, 0.15) is 42.5 Å². The molecule has 2 aromatic heterocycles. The summed E-state index contributed by atoms with van der Waals surface area (Å²) in [6.07, 6.45) is 8.66. The Kier molecular flexibility index (Phi) is 5.53. The zero-order valence-corrected chi connectivity index (χ0v) is 16.6. The molecule has 3 aromatic rings. The van der Waals surface area contributed by atoms with Crippen molar-refractivity contribution < 1.29 is 4.79 Å². The van der Waals surface area contributed by atoms with Crippen molar-refractivity contribution >= 4 is 28.3 Å². The number of hydrogen-bond acceptors (Lipinski definition) is 4. The van der Waals surface area contributed by atoms with Gasteiger partial charge < -0.3 is 4.90 Å². The number of piperidine rings is 1. The summed E-state index contributed by atoms with van der Waals surface area (Å²) in [5.41, 5.74) is 0.542. The van der Waals surface area contributed by atoms with Gasteiger partial charge in [0.05, 0.1) is 5.02 Å². The van der Waals surface area contributed by atoms with Crippen LogP contribution in [0.2, 0.25) is 5.02 Å². The van der Waals surface area contributed by atoms with Crippen LogP contribution in [0.25, 0.3) is 10.8 Å². The lowest BCUT2D eigenvalue weighted by atomic mass is 9.87. The molecule has 5 nitrogen and oxygen atoms in total. The molecule has 3 heterocycles. The summed E-state index contributed by atoms with van der Waals surface area (Å²) >= 11 is 5.88. The van der Waals surface area contributed by atoms with Gasteiger partial charge in [-0.15, -0.1) is 0 Å². The van der Waals surface area contributed by atoms with Gasteiger partial charge in [0.15, 0.2) is 0 Å². The lowest BCUT2D eigenvalue weighted by Crippen LogP contribution is -2.48. The minimum absolute atomic E-state index is 0.0189. The molecular formula is C22H23ClN4O. The summed E-state index contributed by atoms with van der Waals surface area (Å²) in [6.45, 7) is 2.99. The van der Waals surface area contributed by atoms with Gasteiger partial charge in [0.25, 0.3) is 5.91 Å². The lowest BCUT2D eigenvalue weighted by Gasteiger charge is -2.40. The minimum Gasteiger partial charge on any atom is -0.334 e. The molecule has 1 amide bonds. The van der Waals surface area contributed by atoms with Crippen molar-refractivity contribution in [2.45, 2.75) is 38.6 Å². The fraction of sp³-hybridized carbons (Fsp3) is 0.364. The third kappa shape index (κ3) is 3.85. The van der Waals surface area contributed by atoms with Crippen LogP contribution in [0, 0.1) is 5.92 Å². The first kappa shape index (κ1) is 18.8. The number of carbonyl (C=O) groups excluding carboxylic acids is 1. The summed E-state index contributed by atoms with van der Waals surface area (Å²) in [5, 5.41) is 2.48. The first-order chi connectivity index (χ1) is 13.6. The highest BCUT2D eigenvalue weighted by molar-refractivity contribution is 6.30. The molecule has 1 aliphatic rings. The van der Waals surface area contributed by atoms with E-state index in [1.807, 2.05) is 35.2 Å². The Morgan fingerprint density at radius 2 is 1.96 bits per heavy atom. The molecule has 0 saturated carbocycles. The van der Waals surface area contributed by atoms with E-state index in [0.717, 1.165) is 48.8 Å². The maximum Gasteiger partial charge on any atom is 0.273 e. The highest BCUT2D eigenvalue weighted by atomic mass is 35.5. The molecule has 0 unspecified atom stereocenters. The van der Waals surface area contributed by atoms with E-state index in [9.17, 15) is 4.79 Å². The number of aromatic nitrogens is 3. The molecule has 4 rings (SSSR count). The third-order valence-corrected chi connectivity index (χ3v) is 5.79. The molecule has 2 atom stereocenters. The number of halogens is 1. The minimum atomic E-state index is 0.0189. The summed E-state index contributed by atoms with van der Waals surface area (Å²) in [4.78, 5) is 28.5. The maximum atomic E-state index is 13.4. The Labute approximate surface area is 169 Å². The van der Waals surface area contributed by atoms with E-state index in [0.29, 0.717) is 16.6 Å². The van der Waals surface area contributed by atoms with Gasteiger partial charge in [0, 0.05) is 43.0 Å². The van der Waals surface area contributed by atoms with E-state index in [1.165, 1.54) is 0 Å². The van der Waals surface area contributed by atoms with Gasteiger partial charge in [0.2, 0.25) is 0 Å². The zero-order chi connectivity index (χ0) is 19.5. The van der Waals surface area contributed by atoms with E-state index >= 15 is 0 Å². The normalized spacial score (nSPS) is 19.7. The Morgan fingerprint density at radius 1 is 1.18 bits per heavy atom. The van der Waals surface area contributed by atoms with Gasteiger partial charge in [0.1, 0.15) is 11.5 Å². The Morgan fingerprint density at radius 3 is 2.79 bits per heavy atom. The molecular weight excluding hydrogens is 372 g/mol. The van der Waals surface area contributed by atoms with Gasteiger partial charge in [-0.2, -0.15) is 0 Å². The zero-order valence-electron chi connectivity index (χ0n) is 15.9. The molecule has 0 spiro atoms. The fourth-order valence-corrected chi connectivity index (χ4v) is 4.21. The van der Waals surface area contributed by atoms with E-state index < -0.39 is 0 Å². The largest absolute Gasteiger partial charge is 0.334 e. The van der Waals surface area contributed by atoms with E-state index in [2.05, 4.69) is 21.9 Å². The first-order valence-corrected chi connectivity index (χ1v) is 10.1. The van der Waals surface area contributed by atoms with Crippen molar-refractivity contribution in [2.24, 2.45) is 5.92 Å². The quantitative estimate of drug-likeness (QED) is 0.651. The highest BCUT2D eigenvalue weighted by Gasteiger charge is 2.33. The summed E-state index contributed by atoms with van der Waals surface area (Å²) in [6, 6.07) is 10.0. The predicted octanol–water partition coefficient (Wildman–Crippen LogP) is 4.55. The molecule has 1 saturated heterocycles. The Hall–Kier alpha value is -2.53. The number of hydrogen-bond donors (Lipinski definition) is 0. The van der Waals surface area contributed by atoms with Crippen LogP contribution in [0.4, 0.5) is 0 Å². The van der Waals surface area contributed by atoms with Crippen LogP contribution in [0.15, 0.2) is 48.9 Å². The number of fused-ring (bicyclic) bond motifs is 1. The lowest BCUT2D eigenvalue weighted by molar-refractivity contribution is 0.0495. The first-order valence-electron chi connectivity index (χ1n) is 9.74. The summed E-state index contributed by atoms with van der Waals surface area (Å²) in [7, 11) is 0. The van der Waals surface area contributed by atoms with E-state index in [4.69, 9.17) is 11.6 Å². The van der Waals surface area contributed by atoms with Crippen LogP contribution >= 0.6 is 11.6 Å². The number of benzene rings is 1. The number of pyridine rings is 1. The molecule has 0 bridgehead atoms. The van der Waals surface area contributed by atoms with Gasteiger partial charge in [-0.1, -0.05) is 42.8 Å². The van der Waals surface area contributed by atoms with Crippen LogP contribution < -0.4 is 0 Å². The molecule has 0 N–H and O–H groups in total. The second-order valence-corrected chi connectivity index (χ2v) is 7.86. The van der Waals surface area contributed by atoms with E-state index in [1.54, 1.807) is 18.6 Å². The number of amides is 1. The van der Waals surface area contributed by atoms with E-state index in [-0.39, 0.29) is 11.9 Å². The third-order valence-electron chi connectivity index (χ3n) is 5.59. The molecule has 6 heteroatoms. The highest BCUT2D eigenvalue weighted by Crippen LogP contribution is 2.29. The number of nitrogens with zero attached hydrogens (tertiary/aromatic N) is 4. The fourth-order valence-electron chi connectivity index (χ4n) is 4.11. The van der Waals surface area contributed by atoms with Gasteiger partial charge in [-0.25, -0.2) is 9.97 Å². The molecule has 0 aliphatic carbocycles. The van der Waals surface area contributed by atoms with Crippen molar-refractivity contribution in [3.05, 3.63) is 65.5 Å². The number of rotatable bonds is 4. The second kappa shape index (κ2) is 8.23. The van der Waals surface area contributed by atoms with Crippen molar-refractivity contribution in [3.63, 3.8) is 0 Å². The Balaban J connectivity index is 1.58. The number of aryl methyl sites for hydroxylation is 1. The topological polar surface area (TPSA) is 59.0 Å². The van der Waals surface area contributed by atoms with Crippen LogP contribution in [0.5, 0.6) is 0 Å². The number of carbonyl (C=O) groups is 1. The van der Waals surface area contributed by atoms with Crippen molar-refractivity contribution in [2.75, 3.05) is 6.54 Å². The predicted molar refractivity (Wildman–Crippen MR) is 110 cm³/mol. The molecule has 0 radical (unpaired) electrons. The molecule has 1 fully saturated rings. The van der Waals surface area contributed by atoms with Gasteiger partial charge in [-0.3, -0.25) is 9.78 Å². The van der Waals surface area contributed by atoms with Crippen molar-refractivity contribution in [3.8, 4) is 0 Å². The smallest absolute Gasteiger partial charge is 0.273 e. The van der Waals surface area contributed by atoms with Crippen LogP contribution in [-0.2, 0) is 6.42 Å². The summed E-state index contributed by atoms with van der Waals surface area (Å²) in [5.74, 6) is 1.21.